The molecule has 1 N–H and O–H groups in total. The van der Waals surface area contributed by atoms with Crippen molar-refractivity contribution in [1.82, 2.24) is 19.9 Å². The van der Waals surface area contributed by atoms with Crippen LogP contribution in [0.15, 0.2) is 53.1 Å². The molecule has 0 spiro atoms. The third-order valence-electron chi connectivity index (χ3n) is 5.50. The molecule has 0 unspecified atom stereocenters. The van der Waals surface area contributed by atoms with Gasteiger partial charge in [-0.15, -0.1) is 0 Å². The second kappa shape index (κ2) is 9.96. The van der Waals surface area contributed by atoms with E-state index in [2.05, 4.69) is 15.5 Å². The number of urea groups is 1. The molecule has 2 heterocycles. The maximum absolute atomic E-state index is 12.5. The first-order chi connectivity index (χ1) is 16.0. The van der Waals surface area contributed by atoms with Gasteiger partial charge in [-0.05, 0) is 55.3 Å². The van der Waals surface area contributed by atoms with Crippen LogP contribution in [0.3, 0.4) is 0 Å². The Morgan fingerprint density at radius 3 is 2.67 bits per heavy atom. The fourth-order valence-corrected chi connectivity index (χ4v) is 3.59. The number of hydrogen-bond donors (Lipinski definition) is 1. The van der Waals surface area contributed by atoms with Crippen LogP contribution in [-0.2, 0) is 6.42 Å². The van der Waals surface area contributed by atoms with E-state index >= 15 is 0 Å². The van der Waals surface area contributed by atoms with Crippen LogP contribution in [0.1, 0.15) is 34.6 Å². The van der Waals surface area contributed by atoms with Crippen LogP contribution in [0.2, 0.25) is 0 Å². The SMILES string of the molecule is CN(CCc1noc(-c2ccc(C(=O)N3CCCC3)cc2)n1)C(=O)Nc1cccc(C#N)c1. The molecule has 1 aliphatic rings. The Kier molecular flexibility index (Phi) is 6.64. The molecule has 1 fully saturated rings. The number of nitriles is 1. The number of nitrogens with zero attached hydrogens (tertiary/aromatic N) is 5. The summed E-state index contributed by atoms with van der Waals surface area (Å²) in [6, 6.07) is 15.6. The van der Waals surface area contributed by atoms with Crippen LogP contribution in [-0.4, -0.2) is 58.6 Å². The average Bonchev–Trinajstić information content (AvgIpc) is 3.55. The molecule has 9 nitrogen and oxygen atoms in total. The van der Waals surface area contributed by atoms with E-state index in [1.54, 1.807) is 55.6 Å². The Balaban J connectivity index is 1.31. The molecule has 3 aromatic rings. The molecule has 0 aliphatic carbocycles. The van der Waals surface area contributed by atoms with Crippen LogP contribution in [0.5, 0.6) is 0 Å². The highest BCUT2D eigenvalue weighted by Gasteiger charge is 2.20. The minimum atomic E-state index is -0.299. The molecule has 2 aromatic carbocycles. The van der Waals surface area contributed by atoms with Gasteiger partial charge in [-0.1, -0.05) is 11.2 Å². The Labute approximate surface area is 191 Å². The molecule has 1 saturated heterocycles. The van der Waals surface area contributed by atoms with Crippen molar-refractivity contribution in [2.24, 2.45) is 0 Å². The van der Waals surface area contributed by atoms with E-state index in [9.17, 15) is 9.59 Å². The normalized spacial score (nSPS) is 12.9. The number of amides is 3. The molecule has 9 heteroatoms. The molecular formula is C24H24N6O3. The van der Waals surface area contributed by atoms with Gasteiger partial charge in [0.25, 0.3) is 11.8 Å². The first-order valence-electron chi connectivity index (χ1n) is 10.8. The predicted octanol–water partition coefficient (Wildman–Crippen LogP) is 3.55. The lowest BCUT2D eigenvalue weighted by atomic mass is 10.1. The summed E-state index contributed by atoms with van der Waals surface area (Å²) in [5.74, 6) is 0.893. The molecule has 4 rings (SSSR count). The number of benzene rings is 2. The standard InChI is InChI=1S/C24H24N6O3/c1-29(24(32)26-20-6-4-5-17(15-20)16-25)14-11-21-27-22(33-28-21)18-7-9-19(10-8-18)23(31)30-12-2-3-13-30/h4-10,15H,2-3,11-14H2,1H3,(H,26,32). The van der Waals surface area contributed by atoms with Gasteiger partial charge in [-0.25, -0.2) is 4.79 Å². The highest BCUT2D eigenvalue weighted by atomic mass is 16.5. The van der Waals surface area contributed by atoms with E-state index in [4.69, 9.17) is 9.78 Å². The molecule has 33 heavy (non-hydrogen) atoms. The summed E-state index contributed by atoms with van der Waals surface area (Å²) in [5, 5.41) is 15.7. The average molecular weight is 444 g/mol. The third-order valence-corrected chi connectivity index (χ3v) is 5.50. The monoisotopic (exact) mass is 444 g/mol. The van der Waals surface area contributed by atoms with Gasteiger partial charge in [-0.3, -0.25) is 4.79 Å². The van der Waals surface area contributed by atoms with Crippen molar-refractivity contribution in [1.29, 1.82) is 5.26 Å². The van der Waals surface area contributed by atoms with Crippen molar-refractivity contribution in [3.63, 3.8) is 0 Å². The number of carbonyl (C=O) groups is 2. The van der Waals surface area contributed by atoms with Gasteiger partial charge < -0.3 is 19.6 Å². The lowest BCUT2D eigenvalue weighted by Gasteiger charge is -2.17. The van der Waals surface area contributed by atoms with E-state index in [1.807, 2.05) is 11.0 Å². The van der Waals surface area contributed by atoms with Crippen molar-refractivity contribution in [3.8, 4) is 17.5 Å². The van der Waals surface area contributed by atoms with Crippen LogP contribution < -0.4 is 5.32 Å². The fraction of sp³-hybridized carbons (Fsp3) is 0.292. The number of anilines is 1. The Morgan fingerprint density at radius 2 is 1.94 bits per heavy atom. The van der Waals surface area contributed by atoms with Crippen LogP contribution in [0.4, 0.5) is 10.5 Å². The van der Waals surface area contributed by atoms with E-state index in [0.29, 0.717) is 41.5 Å². The number of nitrogens with one attached hydrogen (secondary N) is 1. The second-order valence-corrected chi connectivity index (χ2v) is 7.89. The molecule has 3 amide bonds. The van der Waals surface area contributed by atoms with E-state index in [1.165, 1.54) is 4.90 Å². The molecule has 0 saturated carbocycles. The fourth-order valence-electron chi connectivity index (χ4n) is 3.59. The molecule has 0 radical (unpaired) electrons. The number of likely N-dealkylation sites (N-methyl/N-ethyl adjacent to an activating group) is 1. The van der Waals surface area contributed by atoms with Gasteiger partial charge in [0.2, 0.25) is 0 Å². The summed E-state index contributed by atoms with van der Waals surface area (Å²) in [7, 11) is 1.67. The highest BCUT2D eigenvalue weighted by Crippen LogP contribution is 2.20. The first kappa shape index (κ1) is 22.0. The molecule has 1 aliphatic heterocycles. The van der Waals surface area contributed by atoms with Crippen LogP contribution in [0, 0.1) is 11.3 Å². The van der Waals surface area contributed by atoms with Gasteiger partial charge >= 0.3 is 6.03 Å². The van der Waals surface area contributed by atoms with Crippen molar-refractivity contribution in [2.45, 2.75) is 19.3 Å². The summed E-state index contributed by atoms with van der Waals surface area (Å²) in [4.78, 5) is 32.6. The Hall–Kier alpha value is -4.19. The summed E-state index contributed by atoms with van der Waals surface area (Å²) in [6.07, 6.45) is 2.52. The zero-order valence-corrected chi connectivity index (χ0v) is 18.3. The lowest BCUT2D eigenvalue weighted by molar-refractivity contribution is 0.0793. The Bertz CT molecular complexity index is 1180. The maximum Gasteiger partial charge on any atom is 0.321 e. The molecule has 1 aromatic heterocycles. The number of rotatable bonds is 6. The zero-order chi connectivity index (χ0) is 23.2. The largest absolute Gasteiger partial charge is 0.339 e. The summed E-state index contributed by atoms with van der Waals surface area (Å²) in [6.45, 7) is 2.00. The topological polar surface area (TPSA) is 115 Å². The molecular weight excluding hydrogens is 420 g/mol. The van der Waals surface area contributed by atoms with Crippen molar-refractivity contribution < 1.29 is 14.1 Å². The third kappa shape index (κ3) is 5.36. The minimum Gasteiger partial charge on any atom is -0.339 e. The smallest absolute Gasteiger partial charge is 0.321 e. The van der Waals surface area contributed by atoms with Crippen LogP contribution in [0.25, 0.3) is 11.5 Å². The molecule has 168 valence electrons. The molecule has 0 atom stereocenters. The Morgan fingerprint density at radius 1 is 1.18 bits per heavy atom. The van der Waals surface area contributed by atoms with E-state index in [-0.39, 0.29) is 11.9 Å². The van der Waals surface area contributed by atoms with Gasteiger partial charge in [-0.2, -0.15) is 10.2 Å². The number of hydrogen-bond acceptors (Lipinski definition) is 6. The lowest BCUT2D eigenvalue weighted by Crippen LogP contribution is -2.33. The van der Waals surface area contributed by atoms with Gasteiger partial charge in [0.05, 0.1) is 11.6 Å². The number of likely N-dealkylation sites (tertiary alicyclic amines) is 1. The van der Waals surface area contributed by atoms with Gasteiger partial charge in [0.1, 0.15) is 0 Å². The second-order valence-electron chi connectivity index (χ2n) is 7.89. The van der Waals surface area contributed by atoms with Crippen molar-refractivity contribution in [3.05, 3.63) is 65.5 Å². The predicted molar refractivity (Wildman–Crippen MR) is 121 cm³/mol. The summed E-state index contributed by atoms with van der Waals surface area (Å²) < 4.78 is 5.36. The van der Waals surface area contributed by atoms with E-state index in [0.717, 1.165) is 31.5 Å². The molecule has 0 bridgehead atoms. The highest BCUT2D eigenvalue weighted by molar-refractivity contribution is 5.94. The van der Waals surface area contributed by atoms with Crippen molar-refractivity contribution in [2.75, 3.05) is 32.0 Å². The minimum absolute atomic E-state index is 0.0472. The zero-order valence-electron chi connectivity index (χ0n) is 18.3. The van der Waals surface area contributed by atoms with Crippen molar-refractivity contribution >= 4 is 17.6 Å². The first-order valence-corrected chi connectivity index (χ1v) is 10.8. The quantitative estimate of drug-likeness (QED) is 0.622. The summed E-state index contributed by atoms with van der Waals surface area (Å²) in [5.41, 5.74) is 2.41. The van der Waals surface area contributed by atoms with E-state index < -0.39 is 0 Å². The van der Waals surface area contributed by atoms with Gasteiger partial charge in [0, 0.05) is 49.9 Å². The number of aromatic nitrogens is 2. The number of carbonyl (C=O) groups excluding carboxylic acids is 2. The maximum atomic E-state index is 12.5. The van der Waals surface area contributed by atoms with Gasteiger partial charge in [0.15, 0.2) is 5.82 Å². The summed E-state index contributed by atoms with van der Waals surface area (Å²) >= 11 is 0. The van der Waals surface area contributed by atoms with Crippen LogP contribution >= 0.6 is 0 Å².